The molecule has 0 bridgehead atoms. The number of aromatic nitrogens is 1. The van der Waals surface area contributed by atoms with Crippen LogP contribution in [0.25, 0.3) is 0 Å². The van der Waals surface area contributed by atoms with Crippen molar-refractivity contribution in [2.45, 2.75) is 19.4 Å². The Morgan fingerprint density at radius 1 is 1.37 bits per heavy atom. The topological polar surface area (TPSA) is 45.6 Å². The molecular weight excluding hydrogens is 242 g/mol. The predicted octanol–water partition coefficient (Wildman–Crippen LogP) is 0.470. The number of likely N-dealkylation sites (tertiary alicyclic amines) is 1. The van der Waals surface area contributed by atoms with Gasteiger partial charge in [0.05, 0.1) is 0 Å². The van der Waals surface area contributed by atoms with Crippen LogP contribution < -0.4 is 5.43 Å². The van der Waals surface area contributed by atoms with Gasteiger partial charge in [-0.25, -0.2) is 0 Å². The third-order valence-corrected chi connectivity index (χ3v) is 3.97. The van der Waals surface area contributed by atoms with Crippen LogP contribution in [0.1, 0.15) is 22.6 Å². The van der Waals surface area contributed by atoms with E-state index in [0.29, 0.717) is 5.69 Å². The van der Waals surface area contributed by atoms with Gasteiger partial charge < -0.3 is 14.4 Å². The molecule has 19 heavy (non-hydrogen) atoms. The molecule has 104 valence electrons. The molecule has 0 spiro atoms. The van der Waals surface area contributed by atoms with Crippen LogP contribution in [0, 0.1) is 6.92 Å². The Balaban J connectivity index is 2.27. The highest BCUT2D eigenvalue weighted by molar-refractivity contribution is 5.92. The highest BCUT2D eigenvalue weighted by Gasteiger charge is 2.28. The molecule has 1 aliphatic heterocycles. The summed E-state index contributed by atoms with van der Waals surface area (Å²) in [5, 5.41) is 0. The Hall–Kier alpha value is -1.62. The maximum atomic E-state index is 12.5. The lowest BCUT2D eigenvalue weighted by Crippen LogP contribution is -2.40. The predicted molar refractivity (Wildman–Crippen MR) is 74.4 cm³/mol. The second-order valence-corrected chi connectivity index (χ2v) is 5.40. The van der Waals surface area contributed by atoms with Crippen molar-refractivity contribution in [3.63, 3.8) is 0 Å². The molecular formula is C14H21N3O2. The van der Waals surface area contributed by atoms with E-state index in [9.17, 15) is 9.59 Å². The third-order valence-electron chi connectivity index (χ3n) is 3.97. The standard InChI is InChI=1S/C14H21N3O2/c1-10-7-12(18)8-13(16(10)3)14(19)17(4)11-5-6-15(2)9-11/h7-8,11H,5-6,9H2,1-4H3. The number of carbonyl (C=O) groups excluding carboxylic acids is 1. The maximum absolute atomic E-state index is 12.5. The number of carbonyl (C=O) groups is 1. The maximum Gasteiger partial charge on any atom is 0.270 e. The van der Waals surface area contributed by atoms with Crippen LogP contribution in [0.3, 0.4) is 0 Å². The molecule has 1 atom stereocenters. The summed E-state index contributed by atoms with van der Waals surface area (Å²) in [5.41, 5.74) is 1.14. The molecule has 5 heteroatoms. The fourth-order valence-corrected chi connectivity index (χ4v) is 2.55. The average Bonchev–Trinajstić information content (AvgIpc) is 2.78. The Bertz CT molecular complexity index is 550. The van der Waals surface area contributed by atoms with E-state index in [2.05, 4.69) is 11.9 Å². The molecule has 0 radical (unpaired) electrons. The molecule has 1 aromatic heterocycles. The fourth-order valence-electron chi connectivity index (χ4n) is 2.55. The summed E-state index contributed by atoms with van der Waals surface area (Å²) in [5.74, 6) is -0.0800. The molecule has 0 aliphatic carbocycles. The third kappa shape index (κ3) is 2.71. The molecule has 1 aliphatic rings. The summed E-state index contributed by atoms with van der Waals surface area (Å²) >= 11 is 0. The summed E-state index contributed by atoms with van der Waals surface area (Å²) in [7, 11) is 5.69. The quantitative estimate of drug-likeness (QED) is 0.779. The molecule has 0 saturated carbocycles. The van der Waals surface area contributed by atoms with E-state index in [1.807, 2.05) is 21.0 Å². The molecule has 1 unspecified atom stereocenters. The van der Waals surface area contributed by atoms with Crippen molar-refractivity contribution in [2.24, 2.45) is 7.05 Å². The monoisotopic (exact) mass is 263 g/mol. The molecule has 2 heterocycles. The first-order valence-electron chi connectivity index (χ1n) is 6.53. The van der Waals surface area contributed by atoms with Crippen molar-refractivity contribution in [3.05, 3.63) is 33.7 Å². The van der Waals surface area contributed by atoms with Gasteiger partial charge in [0, 0.05) is 44.5 Å². The van der Waals surface area contributed by atoms with Crippen molar-refractivity contribution in [2.75, 3.05) is 27.2 Å². The molecule has 1 aromatic rings. The lowest BCUT2D eigenvalue weighted by atomic mass is 10.2. The van der Waals surface area contributed by atoms with E-state index in [1.165, 1.54) is 6.07 Å². The molecule has 1 amide bonds. The van der Waals surface area contributed by atoms with Gasteiger partial charge in [-0.15, -0.1) is 0 Å². The van der Waals surface area contributed by atoms with Gasteiger partial charge in [-0.2, -0.15) is 0 Å². The van der Waals surface area contributed by atoms with Crippen LogP contribution in [0.15, 0.2) is 16.9 Å². The smallest absolute Gasteiger partial charge is 0.270 e. The zero-order chi connectivity index (χ0) is 14.2. The second-order valence-electron chi connectivity index (χ2n) is 5.40. The molecule has 1 saturated heterocycles. The van der Waals surface area contributed by atoms with Gasteiger partial charge >= 0.3 is 0 Å². The van der Waals surface area contributed by atoms with Gasteiger partial charge in [0.2, 0.25) is 0 Å². The lowest BCUT2D eigenvalue weighted by molar-refractivity contribution is 0.0726. The number of hydrogen-bond acceptors (Lipinski definition) is 3. The average molecular weight is 263 g/mol. The zero-order valence-corrected chi connectivity index (χ0v) is 12.0. The van der Waals surface area contributed by atoms with Crippen molar-refractivity contribution in [1.82, 2.24) is 14.4 Å². The van der Waals surface area contributed by atoms with Crippen molar-refractivity contribution >= 4 is 5.91 Å². The summed E-state index contributed by atoms with van der Waals surface area (Å²) < 4.78 is 1.78. The van der Waals surface area contributed by atoms with Gasteiger partial charge in [0.1, 0.15) is 5.69 Å². The van der Waals surface area contributed by atoms with E-state index in [4.69, 9.17) is 0 Å². The van der Waals surface area contributed by atoms with Gasteiger partial charge in [0.25, 0.3) is 5.91 Å². The fraction of sp³-hybridized carbons (Fsp3) is 0.571. The Morgan fingerprint density at radius 3 is 2.63 bits per heavy atom. The highest BCUT2D eigenvalue weighted by Crippen LogP contribution is 2.15. The number of amides is 1. The lowest BCUT2D eigenvalue weighted by Gasteiger charge is -2.25. The first-order valence-corrected chi connectivity index (χ1v) is 6.53. The van der Waals surface area contributed by atoms with E-state index >= 15 is 0 Å². The van der Waals surface area contributed by atoms with Crippen LogP contribution in [0.2, 0.25) is 0 Å². The molecule has 0 N–H and O–H groups in total. The normalized spacial score (nSPS) is 19.7. The number of pyridine rings is 1. The molecule has 2 rings (SSSR count). The van der Waals surface area contributed by atoms with Gasteiger partial charge in [-0.1, -0.05) is 0 Å². The molecule has 1 fully saturated rings. The Labute approximate surface area is 113 Å². The van der Waals surface area contributed by atoms with E-state index < -0.39 is 0 Å². The SMILES string of the molecule is Cc1cc(=O)cc(C(=O)N(C)C2CCN(C)C2)n1C. The van der Waals surface area contributed by atoms with Crippen molar-refractivity contribution in [3.8, 4) is 0 Å². The van der Waals surface area contributed by atoms with Gasteiger partial charge in [-0.3, -0.25) is 9.59 Å². The number of aryl methyl sites for hydroxylation is 1. The summed E-state index contributed by atoms with van der Waals surface area (Å²) in [6.07, 6.45) is 0.985. The Kier molecular flexibility index (Phi) is 3.75. The first-order chi connectivity index (χ1) is 8.90. The first kappa shape index (κ1) is 13.8. The van der Waals surface area contributed by atoms with Gasteiger partial charge in [0.15, 0.2) is 5.43 Å². The van der Waals surface area contributed by atoms with Crippen molar-refractivity contribution < 1.29 is 4.79 Å². The number of hydrogen-bond donors (Lipinski definition) is 0. The number of likely N-dealkylation sites (N-methyl/N-ethyl adjacent to an activating group) is 2. The van der Waals surface area contributed by atoms with Crippen LogP contribution in [0.5, 0.6) is 0 Å². The Morgan fingerprint density at radius 2 is 2.05 bits per heavy atom. The highest BCUT2D eigenvalue weighted by atomic mass is 16.2. The van der Waals surface area contributed by atoms with E-state index in [1.54, 1.807) is 15.5 Å². The second kappa shape index (κ2) is 5.17. The van der Waals surface area contributed by atoms with E-state index in [-0.39, 0.29) is 17.4 Å². The van der Waals surface area contributed by atoms with Crippen LogP contribution in [-0.2, 0) is 7.05 Å². The summed E-state index contributed by atoms with van der Waals surface area (Å²) in [4.78, 5) is 28.1. The van der Waals surface area contributed by atoms with Crippen LogP contribution in [-0.4, -0.2) is 53.5 Å². The number of rotatable bonds is 2. The summed E-state index contributed by atoms with van der Waals surface area (Å²) in [6.45, 7) is 3.73. The minimum Gasteiger partial charge on any atom is -0.344 e. The van der Waals surface area contributed by atoms with Crippen molar-refractivity contribution in [1.29, 1.82) is 0 Å². The largest absolute Gasteiger partial charge is 0.344 e. The zero-order valence-electron chi connectivity index (χ0n) is 12.0. The number of nitrogens with zero attached hydrogens (tertiary/aromatic N) is 3. The van der Waals surface area contributed by atoms with Gasteiger partial charge in [-0.05, 0) is 26.9 Å². The summed E-state index contributed by atoms with van der Waals surface area (Å²) in [6, 6.07) is 3.19. The van der Waals surface area contributed by atoms with Crippen LogP contribution >= 0.6 is 0 Å². The molecule has 5 nitrogen and oxygen atoms in total. The van der Waals surface area contributed by atoms with Crippen LogP contribution in [0.4, 0.5) is 0 Å². The minimum absolute atomic E-state index is 0.0800. The van der Waals surface area contributed by atoms with E-state index in [0.717, 1.165) is 25.2 Å². The molecule has 0 aromatic carbocycles. The minimum atomic E-state index is -0.115.